The maximum absolute atomic E-state index is 6.03. The molecule has 0 amide bonds. The second-order valence-corrected chi connectivity index (χ2v) is 4.58. The molecular weight excluding hydrogens is 240 g/mol. The molecule has 104 valence electrons. The van der Waals surface area contributed by atoms with E-state index in [1.165, 1.54) is 0 Å². The van der Waals surface area contributed by atoms with Crippen molar-refractivity contribution >= 4 is 11.6 Å². The number of rotatable bonds is 12. The molecule has 0 spiro atoms. The monoisotopic (exact) mass is 266 g/mol. The van der Waals surface area contributed by atoms with E-state index in [4.69, 9.17) is 25.8 Å². The number of methoxy groups -OCH3 is 1. The first-order chi connectivity index (χ1) is 8.24. The second-order valence-electron chi connectivity index (χ2n) is 4.31. The zero-order valence-corrected chi connectivity index (χ0v) is 12.2. The van der Waals surface area contributed by atoms with Crippen molar-refractivity contribution in [3.63, 3.8) is 0 Å². The molecule has 0 N–H and O–H groups in total. The number of hydrogen-bond donors (Lipinski definition) is 0. The summed E-state index contributed by atoms with van der Waals surface area (Å²) in [6, 6.07) is 0. The van der Waals surface area contributed by atoms with Gasteiger partial charge in [0.1, 0.15) is 0 Å². The van der Waals surface area contributed by atoms with Crippen LogP contribution in [0.1, 0.15) is 33.1 Å². The van der Waals surface area contributed by atoms with Crippen molar-refractivity contribution in [2.75, 3.05) is 46.0 Å². The number of alkyl halides is 1. The molecule has 17 heavy (non-hydrogen) atoms. The summed E-state index contributed by atoms with van der Waals surface area (Å²) in [7, 11) is 1.67. The Labute approximate surface area is 111 Å². The lowest BCUT2D eigenvalue weighted by molar-refractivity contribution is 0.0171. The van der Waals surface area contributed by atoms with E-state index in [-0.39, 0.29) is 5.41 Å². The summed E-state index contributed by atoms with van der Waals surface area (Å²) >= 11 is 6.03. The highest BCUT2D eigenvalue weighted by Gasteiger charge is 2.24. The topological polar surface area (TPSA) is 27.7 Å². The summed E-state index contributed by atoms with van der Waals surface area (Å²) < 4.78 is 15.7. The molecule has 3 nitrogen and oxygen atoms in total. The van der Waals surface area contributed by atoms with Crippen LogP contribution in [-0.4, -0.2) is 46.0 Å². The maximum atomic E-state index is 6.03. The molecule has 0 fully saturated rings. The third-order valence-corrected chi connectivity index (χ3v) is 3.93. The fourth-order valence-corrected chi connectivity index (χ4v) is 2.12. The zero-order chi connectivity index (χ0) is 13.0. The van der Waals surface area contributed by atoms with Gasteiger partial charge >= 0.3 is 0 Å². The van der Waals surface area contributed by atoms with E-state index in [1.54, 1.807) is 7.11 Å². The molecule has 0 atom stereocenters. The summed E-state index contributed by atoms with van der Waals surface area (Å²) in [6.45, 7) is 7.71. The average Bonchev–Trinajstić information content (AvgIpc) is 2.38. The van der Waals surface area contributed by atoms with Gasteiger partial charge in [0.15, 0.2) is 0 Å². The summed E-state index contributed by atoms with van der Waals surface area (Å²) in [5.41, 5.74) is 0.248. The highest BCUT2D eigenvalue weighted by molar-refractivity contribution is 6.18. The van der Waals surface area contributed by atoms with Crippen molar-refractivity contribution in [3.8, 4) is 0 Å². The molecule has 4 heteroatoms. The molecule has 0 aliphatic rings. The van der Waals surface area contributed by atoms with Gasteiger partial charge in [-0.15, -0.1) is 11.6 Å². The Morgan fingerprint density at radius 3 is 1.88 bits per heavy atom. The molecule has 0 bridgehead atoms. The summed E-state index contributed by atoms with van der Waals surface area (Å²) in [5, 5.41) is 0. The minimum atomic E-state index is 0.248. The minimum absolute atomic E-state index is 0.248. The lowest BCUT2D eigenvalue weighted by Crippen LogP contribution is -2.23. The van der Waals surface area contributed by atoms with E-state index in [9.17, 15) is 0 Å². The molecule has 0 aliphatic heterocycles. The first kappa shape index (κ1) is 17.2. The fourth-order valence-electron chi connectivity index (χ4n) is 1.61. The normalized spacial score (nSPS) is 12.0. The highest BCUT2D eigenvalue weighted by Crippen LogP contribution is 2.31. The third-order valence-electron chi connectivity index (χ3n) is 3.36. The zero-order valence-electron chi connectivity index (χ0n) is 11.5. The first-order valence-corrected chi connectivity index (χ1v) is 6.98. The first-order valence-electron chi connectivity index (χ1n) is 6.45. The van der Waals surface area contributed by atoms with Gasteiger partial charge in [-0.25, -0.2) is 0 Å². The fraction of sp³-hybridized carbons (Fsp3) is 1.00. The van der Waals surface area contributed by atoms with Gasteiger partial charge in [0.2, 0.25) is 0 Å². The largest absolute Gasteiger partial charge is 0.382 e. The van der Waals surface area contributed by atoms with Crippen LogP contribution in [0, 0.1) is 5.41 Å². The van der Waals surface area contributed by atoms with E-state index in [0.29, 0.717) is 32.3 Å². The quantitative estimate of drug-likeness (QED) is 0.401. The van der Waals surface area contributed by atoms with Gasteiger partial charge in [-0.05, 0) is 24.7 Å². The van der Waals surface area contributed by atoms with E-state index in [0.717, 1.165) is 25.9 Å². The molecule has 0 unspecified atom stereocenters. The van der Waals surface area contributed by atoms with Gasteiger partial charge in [0.25, 0.3) is 0 Å². The Kier molecular flexibility index (Phi) is 11.4. The molecule has 0 rings (SSSR count). The van der Waals surface area contributed by atoms with Crippen LogP contribution in [0.4, 0.5) is 0 Å². The van der Waals surface area contributed by atoms with Crippen LogP contribution in [0.25, 0.3) is 0 Å². The lowest BCUT2D eigenvalue weighted by Gasteiger charge is -2.29. The van der Waals surface area contributed by atoms with Gasteiger partial charge < -0.3 is 14.2 Å². The predicted octanol–water partition coefficient (Wildman–Crippen LogP) is 3.10. The molecular formula is C13H27ClO3. The van der Waals surface area contributed by atoms with Gasteiger partial charge in [0.05, 0.1) is 26.4 Å². The van der Waals surface area contributed by atoms with Crippen molar-refractivity contribution < 1.29 is 14.2 Å². The molecule has 0 aliphatic carbocycles. The molecule has 0 aromatic carbocycles. The van der Waals surface area contributed by atoms with E-state index >= 15 is 0 Å². The number of ether oxygens (including phenoxy) is 3. The van der Waals surface area contributed by atoms with Crippen LogP contribution in [0.2, 0.25) is 0 Å². The van der Waals surface area contributed by atoms with Crippen molar-refractivity contribution in [2.45, 2.75) is 33.1 Å². The van der Waals surface area contributed by atoms with E-state index < -0.39 is 0 Å². The highest BCUT2D eigenvalue weighted by atomic mass is 35.5. The third kappa shape index (κ3) is 7.98. The molecule has 0 saturated carbocycles. The minimum Gasteiger partial charge on any atom is -0.382 e. The lowest BCUT2D eigenvalue weighted by atomic mass is 9.81. The summed E-state index contributed by atoms with van der Waals surface area (Å²) in [4.78, 5) is 0. The second kappa shape index (κ2) is 11.3. The van der Waals surface area contributed by atoms with Crippen molar-refractivity contribution in [1.82, 2.24) is 0 Å². The molecule has 0 saturated heterocycles. The van der Waals surface area contributed by atoms with Crippen molar-refractivity contribution in [2.24, 2.45) is 5.41 Å². The van der Waals surface area contributed by atoms with Crippen molar-refractivity contribution in [1.29, 1.82) is 0 Å². The SMILES string of the molecule is CCC(CC)(CCl)CCOCCOCCOC. The van der Waals surface area contributed by atoms with Gasteiger partial charge in [0, 0.05) is 19.6 Å². The van der Waals surface area contributed by atoms with Crippen LogP contribution in [0.5, 0.6) is 0 Å². The standard InChI is InChI=1S/C13H27ClO3/c1-4-13(5-2,12-14)6-7-16-10-11-17-9-8-15-3/h4-12H2,1-3H3. The Bertz CT molecular complexity index is 152. The van der Waals surface area contributed by atoms with Crippen molar-refractivity contribution in [3.05, 3.63) is 0 Å². The molecule has 0 heterocycles. The van der Waals surface area contributed by atoms with E-state index in [1.807, 2.05) is 0 Å². The van der Waals surface area contributed by atoms with E-state index in [2.05, 4.69) is 13.8 Å². The number of hydrogen-bond acceptors (Lipinski definition) is 3. The smallest absolute Gasteiger partial charge is 0.0701 e. The van der Waals surface area contributed by atoms with Crippen LogP contribution < -0.4 is 0 Å². The summed E-state index contributed by atoms with van der Waals surface area (Å²) in [5.74, 6) is 0.716. The van der Waals surface area contributed by atoms with Crippen LogP contribution in [0.3, 0.4) is 0 Å². The predicted molar refractivity (Wildman–Crippen MR) is 71.9 cm³/mol. The number of halogens is 1. The Hall–Kier alpha value is 0.170. The van der Waals surface area contributed by atoms with Crippen LogP contribution in [-0.2, 0) is 14.2 Å². The van der Waals surface area contributed by atoms with Gasteiger partial charge in [-0.3, -0.25) is 0 Å². The van der Waals surface area contributed by atoms with Gasteiger partial charge in [-0.1, -0.05) is 13.8 Å². The summed E-state index contributed by atoms with van der Waals surface area (Å²) in [6.07, 6.45) is 3.25. The van der Waals surface area contributed by atoms with Gasteiger partial charge in [-0.2, -0.15) is 0 Å². The maximum Gasteiger partial charge on any atom is 0.0701 e. The average molecular weight is 267 g/mol. The van der Waals surface area contributed by atoms with Crippen LogP contribution >= 0.6 is 11.6 Å². The van der Waals surface area contributed by atoms with Crippen LogP contribution in [0.15, 0.2) is 0 Å². The Balaban J connectivity index is 3.43. The molecule has 0 radical (unpaired) electrons. The Morgan fingerprint density at radius 2 is 1.41 bits per heavy atom. The Morgan fingerprint density at radius 1 is 0.882 bits per heavy atom. The molecule has 0 aromatic rings. The molecule has 0 aromatic heterocycles.